The highest BCUT2D eigenvalue weighted by atomic mass is 32.1. The van der Waals surface area contributed by atoms with E-state index in [-0.39, 0.29) is 5.60 Å². The van der Waals surface area contributed by atoms with Gasteiger partial charge in [0, 0.05) is 19.3 Å². The lowest BCUT2D eigenvalue weighted by molar-refractivity contribution is 0.0382. The Hall–Kier alpha value is -1.07. The normalized spacial score (nSPS) is 24.4. The van der Waals surface area contributed by atoms with Crippen LogP contribution in [0.4, 0.5) is 0 Å². The van der Waals surface area contributed by atoms with Gasteiger partial charge in [0.25, 0.3) is 0 Å². The fraction of sp³-hybridized carbons (Fsp3) is 0.583. The lowest BCUT2D eigenvalue weighted by atomic mass is 9.84. The van der Waals surface area contributed by atoms with E-state index in [9.17, 15) is 0 Å². The molecule has 0 radical (unpaired) electrons. The van der Waals surface area contributed by atoms with Crippen molar-refractivity contribution in [1.82, 2.24) is 5.32 Å². The highest BCUT2D eigenvalue weighted by molar-refractivity contribution is 7.12. The van der Waals surface area contributed by atoms with E-state index in [1.165, 1.54) is 0 Å². The summed E-state index contributed by atoms with van der Waals surface area (Å²) in [7, 11) is 1.60. The Labute approximate surface area is 105 Å². The molecule has 0 aliphatic carbocycles. The first-order valence-electron chi connectivity index (χ1n) is 5.91. The van der Waals surface area contributed by atoms with E-state index in [0.717, 1.165) is 48.7 Å². The number of hydrogen-bond donors (Lipinski definition) is 1. The summed E-state index contributed by atoms with van der Waals surface area (Å²) < 4.78 is 6.21. The van der Waals surface area contributed by atoms with Crippen molar-refractivity contribution in [2.45, 2.75) is 24.9 Å². The van der Waals surface area contributed by atoms with Crippen molar-refractivity contribution < 1.29 is 9.57 Å². The van der Waals surface area contributed by atoms with Crippen LogP contribution in [-0.4, -0.2) is 31.5 Å². The molecular weight excluding hydrogens is 236 g/mol. The lowest BCUT2D eigenvalue weighted by Crippen LogP contribution is -2.49. The van der Waals surface area contributed by atoms with Crippen molar-refractivity contribution in [3.8, 4) is 5.75 Å². The van der Waals surface area contributed by atoms with Gasteiger partial charge in [-0.15, -0.1) is 11.3 Å². The van der Waals surface area contributed by atoms with Gasteiger partial charge in [-0.05, 0) is 24.5 Å². The number of oxime groups is 1. The molecule has 1 aromatic rings. The summed E-state index contributed by atoms with van der Waals surface area (Å²) in [5.41, 5.74) is 0.960. The van der Waals surface area contributed by atoms with Gasteiger partial charge in [0.1, 0.15) is 24.2 Å². The summed E-state index contributed by atoms with van der Waals surface area (Å²) in [4.78, 5) is 6.09. The van der Waals surface area contributed by atoms with Gasteiger partial charge in [-0.1, -0.05) is 5.16 Å². The standard InChI is InChI=1S/C12H16N2O2S/c1-15-14-9-8-12(3-5-13-6-4-12)16-10-2-7-17-11(9)10/h2,7,13H,3-6,8H2,1H3. The predicted octanol–water partition coefficient (Wildman–Crippen LogP) is 2.00. The van der Waals surface area contributed by atoms with Crippen LogP contribution < -0.4 is 10.1 Å². The minimum atomic E-state index is -0.0727. The van der Waals surface area contributed by atoms with Crippen molar-refractivity contribution >= 4 is 17.0 Å². The van der Waals surface area contributed by atoms with E-state index in [4.69, 9.17) is 9.57 Å². The molecule has 1 saturated heterocycles. The van der Waals surface area contributed by atoms with E-state index in [2.05, 4.69) is 15.9 Å². The monoisotopic (exact) mass is 252 g/mol. The van der Waals surface area contributed by atoms with Crippen LogP contribution in [0, 0.1) is 0 Å². The Morgan fingerprint density at radius 3 is 3.06 bits per heavy atom. The lowest BCUT2D eigenvalue weighted by Gasteiger charge is -2.40. The SMILES string of the molecule is CON=C1CC2(CCNCC2)Oc2ccsc21. The molecule has 2 aliphatic rings. The van der Waals surface area contributed by atoms with E-state index >= 15 is 0 Å². The molecule has 3 rings (SSSR count). The number of ether oxygens (including phenoxy) is 1. The Morgan fingerprint density at radius 1 is 1.47 bits per heavy atom. The first kappa shape index (κ1) is 11.0. The summed E-state index contributed by atoms with van der Waals surface area (Å²) in [5.74, 6) is 0.971. The molecule has 4 nitrogen and oxygen atoms in total. The zero-order valence-corrected chi connectivity index (χ0v) is 10.7. The molecule has 0 saturated carbocycles. The molecule has 1 aromatic heterocycles. The van der Waals surface area contributed by atoms with Crippen LogP contribution in [0.15, 0.2) is 16.6 Å². The zero-order valence-electron chi connectivity index (χ0n) is 9.86. The quantitative estimate of drug-likeness (QED) is 0.777. The maximum Gasteiger partial charge on any atom is 0.140 e. The second-order valence-electron chi connectivity index (χ2n) is 4.55. The van der Waals surface area contributed by atoms with Crippen LogP contribution in [-0.2, 0) is 4.84 Å². The average Bonchev–Trinajstić information content (AvgIpc) is 2.78. The number of hydrogen-bond acceptors (Lipinski definition) is 5. The van der Waals surface area contributed by atoms with Gasteiger partial charge < -0.3 is 14.9 Å². The Balaban J connectivity index is 1.96. The first-order chi connectivity index (χ1) is 8.33. The zero-order chi connectivity index (χ0) is 11.7. The van der Waals surface area contributed by atoms with Crippen molar-refractivity contribution in [2.24, 2.45) is 5.16 Å². The second kappa shape index (κ2) is 4.31. The third kappa shape index (κ3) is 1.93. The minimum Gasteiger partial charge on any atom is -0.485 e. The van der Waals surface area contributed by atoms with E-state index < -0.39 is 0 Å². The summed E-state index contributed by atoms with van der Waals surface area (Å²) >= 11 is 1.67. The highest BCUT2D eigenvalue weighted by Gasteiger charge is 2.41. The Morgan fingerprint density at radius 2 is 2.29 bits per heavy atom. The molecule has 17 heavy (non-hydrogen) atoms. The molecule has 92 valence electrons. The molecule has 1 fully saturated rings. The third-order valence-corrected chi connectivity index (χ3v) is 4.37. The molecule has 0 aromatic carbocycles. The maximum atomic E-state index is 6.21. The van der Waals surface area contributed by atoms with Gasteiger partial charge in [0.15, 0.2) is 0 Å². The molecule has 0 unspecified atom stereocenters. The molecule has 0 amide bonds. The number of nitrogens with one attached hydrogen (secondary N) is 1. The fourth-order valence-electron chi connectivity index (χ4n) is 2.59. The van der Waals surface area contributed by atoms with Gasteiger partial charge in [-0.3, -0.25) is 0 Å². The summed E-state index contributed by atoms with van der Waals surface area (Å²) in [6.07, 6.45) is 2.92. The summed E-state index contributed by atoms with van der Waals surface area (Å²) in [6.45, 7) is 2.03. The minimum absolute atomic E-state index is 0.0727. The van der Waals surface area contributed by atoms with Crippen molar-refractivity contribution in [3.63, 3.8) is 0 Å². The van der Waals surface area contributed by atoms with Crippen LogP contribution in [0.2, 0.25) is 0 Å². The van der Waals surface area contributed by atoms with Crippen molar-refractivity contribution in [1.29, 1.82) is 0 Å². The molecule has 5 heteroatoms. The largest absolute Gasteiger partial charge is 0.485 e. The van der Waals surface area contributed by atoms with Crippen LogP contribution in [0.5, 0.6) is 5.75 Å². The summed E-state index contributed by atoms with van der Waals surface area (Å²) in [5, 5.41) is 9.60. The molecule has 0 atom stereocenters. The van der Waals surface area contributed by atoms with Gasteiger partial charge >= 0.3 is 0 Å². The molecule has 0 bridgehead atoms. The number of fused-ring (bicyclic) bond motifs is 1. The maximum absolute atomic E-state index is 6.21. The molecule has 2 aliphatic heterocycles. The smallest absolute Gasteiger partial charge is 0.140 e. The number of nitrogens with zero attached hydrogens (tertiary/aromatic N) is 1. The molecule has 1 spiro atoms. The Bertz CT molecular complexity index is 435. The van der Waals surface area contributed by atoms with Crippen LogP contribution >= 0.6 is 11.3 Å². The fourth-order valence-corrected chi connectivity index (χ4v) is 3.39. The van der Waals surface area contributed by atoms with E-state index in [1.807, 2.05) is 6.07 Å². The average molecular weight is 252 g/mol. The second-order valence-corrected chi connectivity index (χ2v) is 5.46. The van der Waals surface area contributed by atoms with Gasteiger partial charge in [0.05, 0.1) is 4.88 Å². The molecule has 3 heterocycles. The summed E-state index contributed by atoms with van der Waals surface area (Å²) in [6, 6.07) is 2.04. The van der Waals surface area contributed by atoms with Crippen molar-refractivity contribution in [2.75, 3.05) is 20.2 Å². The van der Waals surface area contributed by atoms with Gasteiger partial charge in [-0.25, -0.2) is 0 Å². The Kier molecular flexibility index (Phi) is 2.80. The third-order valence-electron chi connectivity index (χ3n) is 3.42. The highest BCUT2D eigenvalue weighted by Crippen LogP contribution is 2.40. The van der Waals surface area contributed by atoms with E-state index in [0.29, 0.717) is 0 Å². The topological polar surface area (TPSA) is 42.8 Å². The number of piperidine rings is 1. The predicted molar refractivity (Wildman–Crippen MR) is 67.9 cm³/mol. The van der Waals surface area contributed by atoms with Crippen molar-refractivity contribution in [3.05, 3.63) is 16.3 Å². The molecule has 1 N–H and O–H groups in total. The first-order valence-corrected chi connectivity index (χ1v) is 6.79. The number of rotatable bonds is 1. The van der Waals surface area contributed by atoms with Gasteiger partial charge in [-0.2, -0.15) is 0 Å². The van der Waals surface area contributed by atoms with Gasteiger partial charge in [0.2, 0.25) is 0 Å². The van der Waals surface area contributed by atoms with Crippen LogP contribution in [0.3, 0.4) is 0 Å². The number of thiophene rings is 1. The van der Waals surface area contributed by atoms with E-state index in [1.54, 1.807) is 18.4 Å². The molecular formula is C12H16N2O2S. The van der Waals surface area contributed by atoms with Crippen LogP contribution in [0.1, 0.15) is 24.1 Å². The van der Waals surface area contributed by atoms with Crippen LogP contribution in [0.25, 0.3) is 0 Å².